The highest BCUT2D eigenvalue weighted by atomic mass is 16.5. The third-order valence-corrected chi connectivity index (χ3v) is 4.36. The molecular formula is C17H22N4O3. The lowest BCUT2D eigenvalue weighted by molar-refractivity contribution is -0.135. The Bertz CT molecular complexity index is 727. The third-order valence-electron chi connectivity index (χ3n) is 4.36. The number of para-hydroxylation sites is 1. The second-order valence-electron chi connectivity index (χ2n) is 6.06. The van der Waals surface area contributed by atoms with Gasteiger partial charge < -0.3 is 20.5 Å². The first-order valence-corrected chi connectivity index (χ1v) is 8.28. The van der Waals surface area contributed by atoms with E-state index in [0.717, 1.165) is 18.2 Å². The summed E-state index contributed by atoms with van der Waals surface area (Å²) in [6, 6.07) is 7.49. The molecule has 2 amide bonds. The fourth-order valence-electron chi connectivity index (χ4n) is 3.08. The van der Waals surface area contributed by atoms with Crippen LogP contribution in [0.15, 0.2) is 28.8 Å². The predicted molar refractivity (Wildman–Crippen MR) is 89.1 cm³/mol. The molecular weight excluding hydrogens is 308 g/mol. The van der Waals surface area contributed by atoms with Crippen molar-refractivity contribution in [2.75, 3.05) is 26.2 Å². The highest BCUT2D eigenvalue weighted by Gasteiger charge is 2.28. The molecule has 0 saturated carbocycles. The molecule has 128 valence electrons. The zero-order valence-electron chi connectivity index (χ0n) is 13.5. The number of benzene rings is 1. The molecule has 1 aromatic heterocycles. The standard InChI is InChI=1S/C17H22N4O3/c18-7-8-19-17(23)12-4-3-9-21(11-12)16(22)10-14-13-5-1-2-6-15(13)24-20-14/h1-2,5-6,12H,3-4,7-11,18H2,(H,19,23). The van der Waals surface area contributed by atoms with Crippen LogP contribution < -0.4 is 11.1 Å². The molecule has 0 spiro atoms. The van der Waals surface area contributed by atoms with Crippen molar-refractivity contribution in [3.8, 4) is 0 Å². The van der Waals surface area contributed by atoms with Gasteiger partial charge in [0.2, 0.25) is 11.8 Å². The van der Waals surface area contributed by atoms with Crippen LogP contribution in [0, 0.1) is 5.92 Å². The van der Waals surface area contributed by atoms with Crippen molar-refractivity contribution >= 4 is 22.8 Å². The second kappa shape index (κ2) is 7.44. The molecule has 2 aromatic rings. The summed E-state index contributed by atoms with van der Waals surface area (Å²) in [5.41, 5.74) is 6.73. The monoisotopic (exact) mass is 330 g/mol. The lowest BCUT2D eigenvalue weighted by Gasteiger charge is -2.32. The molecule has 1 atom stereocenters. The van der Waals surface area contributed by atoms with Gasteiger partial charge in [0, 0.05) is 31.6 Å². The Morgan fingerprint density at radius 2 is 2.21 bits per heavy atom. The number of nitrogens with two attached hydrogens (primary N) is 1. The Balaban J connectivity index is 1.63. The summed E-state index contributed by atoms with van der Waals surface area (Å²) < 4.78 is 5.24. The van der Waals surface area contributed by atoms with Crippen LogP contribution in [0.3, 0.4) is 0 Å². The Morgan fingerprint density at radius 1 is 1.38 bits per heavy atom. The summed E-state index contributed by atoms with van der Waals surface area (Å²) in [5.74, 6) is -0.210. The van der Waals surface area contributed by atoms with Crippen molar-refractivity contribution < 1.29 is 14.1 Å². The van der Waals surface area contributed by atoms with Crippen LogP contribution in [0.2, 0.25) is 0 Å². The van der Waals surface area contributed by atoms with E-state index < -0.39 is 0 Å². The summed E-state index contributed by atoms with van der Waals surface area (Å²) in [6.45, 7) is 2.01. The number of hydrogen-bond donors (Lipinski definition) is 2. The molecule has 1 aliphatic rings. The lowest BCUT2D eigenvalue weighted by Crippen LogP contribution is -2.46. The van der Waals surface area contributed by atoms with Crippen LogP contribution in [0.1, 0.15) is 18.5 Å². The van der Waals surface area contributed by atoms with Gasteiger partial charge in [-0.1, -0.05) is 17.3 Å². The molecule has 3 rings (SSSR count). The Hall–Kier alpha value is -2.41. The lowest BCUT2D eigenvalue weighted by atomic mass is 9.96. The molecule has 3 N–H and O–H groups in total. The SMILES string of the molecule is NCCNC(=O)C1CCCN(C(=O)Cc2noc3ccccc23)C1. The van der Waals surface area contributed by atoms with Crippen LogP contribution in [0.4, 0.5) is 0 Å². The van der Waals surface area contributed by atoms with Gasteiger partial charge in [-0.3, -0.25) is 9.59 Å². The van der Waals surface area contributed by atoms with Crippen LogP contribution in [0.5, 0.6) is 0 Å². The molecule has 7 nitrogen and oxygen atoms in total. The summed E-state index contributed by atoms with van der Waals surface area (Å²) in [6.07, 6.45) is 1.81. The average molecular weight is 330 g/mol. The molecule has 7 heteroatoms. The normalized spacial score (nSPS) is 17.9. The maximum atomic E-state index is 12.6. The zero-order valence-corrected chi connectivity index (χ0v) is 13.5. The maximum Gasteiger partial charge on any atom is 0.228 e. The van der Waals surface area contributed by atoms with E-state index in [-0.39, 0.29) is 24.2 Å². The Kier molecular flexibility index (Phi) is 5.10. The van der Waals surface area contributed by atoms with Gasteiger partial charge in [-0.25, -0.2) is 0 Å². The number of carbonyl (C=O) groups is 2. The molecule has 0 radical (unpaired) electrons. The van der Waals surface area contributed by atoms with Crippen molar-refractivity contribution in [1.82, 2.24) is 15.4 Å². The summed E-state index contributed by atoms with van der Waals surface area (Å²) >= 11 is 0. The number of fused-ring (bicyclic) bond motifs is 1. The van der Waals surface area contributed by atoms with Crippen molar-refractivity contribution in [2.45, 2.75) is 19.3 Å². The minimum absolute atomic E-state index is 0.0228. The Morgan fingerprint density at radius 3 is 3.04 bits per heavy atom. The second-order valence-corrected chi connectivity index (χ2v) is 6.06. The van der Waals surface area contributed by atoms with E-state index in [1.807, 2.05) is 24.3 Å². The third kappa shape index (κ3) is 3.56. The van der Waals surface area contributed by atoms with E-state index in [2.05, 4.69) is 10.5 Å². The van der Waals surface area contributed by atoms with Gasteiger partial charge in [0.05, 0.1) is 12.3 Å². The van der Waals surface area contributed by atoms with Gasteiger partial charge in [0.25, 0.3) is 0 Å². The fraction of sp³-hybridized carbons (Fsp3) is 0.471. The molecule has 2 heterocycles. The van der Waals surface area contributed by atoms with Gasteiger partial charge in [0.15, 0.2) is 5.58 Å². The van der Waals surface area contributed by atoms with Gasteiger partial charge in [-0.05, 0) is 25.0 Å². The van der Waals surface area contributed by atoms with Crippen molar-refractivity contribution in [3.63, 3.8) is 0 Å². The molecule has 1 fully saturated rings. The number of likely N-dealkylation sites (tertiary alicyclic amines) is 1. The van der Waals surface area contributed by atoms with Crippen LogP contribution in [-0.4, -0.2) is 48.0 Å². The molecule has 0 aliphatic carbocycles. The predicted octanol–water partition coefficient (Wildman–Crippen LogP) is 0.684. The molecule has 1 unspecified atom stereocenters. The maximum absolute atomic E-state index is 12.6. The smallest absolute Gasteiger partial charge is 0.228 e. The fourth-order valence-corrected chi connectivity index (χ4v) is 3.08. The van der Waals surface area contributed by atoms with Crippen LogP contribution >= 0.6 is 0 Å². The highest BCUT2D eigenvalue weighted by molar-refractivity contribution is 5.87. The van der Waals surface area contributed by atoms with Gasteiger partial charge in [-0.15, -0.1) is 0 Å². The number of piperidine rings is 1. The largest absolute Gasteiger partial charge is 0.356 e. The number of aromatic nitrogens is 1. The molecule has 1 aromatic carbocycles. The summed E-state index contributed by atoms with van der Waals surface area (Å²) in [5, 5.41) is 7.67. The van der Waals surface area contributed by atoms with Crippen molar-refractivity contribution in [2.24, 2.45) is 11.7 Å². The average Bonchev–Trinajstić information content (AvgIpc) is 3.03. The summed E-state index contributed by atoms with van der Waals surface area (Å²) in [7, 11) is 0. The molecule has 1 aliphatic heterocycles. The number of nitrogens with zero attached hydrogens (tertiary/aromatic N) is 2. The number of hydrogen-bond acceptors (Lipinski definition) is 5. The van der Waals surface area contributed by atoms with Gasteiger partial charge in [-0.2, -0.15) is 0 Å². The molecule has 24 heavy (non-hydrogen) atoms. The topological polar surface area (TPSA) is 101 Å². The number of amides is 2. The quantitative estimate of drug-likeness (QED) is 0.839. The number of rotatable bonds is 5. The molecule has 0 bridgehead atoms. The first-order valence-electron chi connectivity index (χ1n) is 8.28. The van der Waals surface area contributed by atoms with E-state index >= 15 is 0 Å². The number of nitrogens with one attached hydrogen (secondary N) is 1. The first-order chi connectivity index (χ1) is 11.7. The van der Waals surface area contributed by atoms with E-state index in [1.165, 1.54) is 0 Å². The van der Waals surface area contributed by atoms with Gasteiger partial charge >= 0.3 is 0 Å². The van der Waals surface area contributed by atoms with Crippen LogP contribution in [0.25, 0.3) is 11.0 Å². The highest BCUT2D eigenvalue weighted by Crippen LogP contribution is 2.21. The molecule has 1 saturated heterocycles. The van der Waals surface area contributed by atoms with Gasteiger partial charge in [0.1, 0.15) is 5.69 Å². The minimum Gasteiger partial charge on any atom is -0.356 e. The minimum atomic E-state index is -0.164. The number of carbonyl (C=O) groups excluding carboxylic acids is 2. The van der Waals surface area contributed by atoms with E-state index in [9.17, 15) is 9.59 Å². The summed E-state index contributed by atoms with van der Waals surface area (Å²) in [4.78, 5) is 26.4. The van der Waals surface area contributed by atoms with E-state index in [0.29, 0.717) is 37.5 Å². The van der Waals surface area contributed by atoms with E-state index in [1.54, 1.807) is 4.90 Å². The van der Waals surface area contributed by atoms with E-state index in [4.69, 9.17) is 10.3 Å². The van der Waals surface area contributed by atoms with Crippen LogP contribution in [-0.2, 0) is 16.0 Å². The van der Waals surface area contributed by atoms with Crippen molar-refractivity contribution in [1.29, 1.82) is 0 Å². The Labute approximate surface area is 140 Å². The van der Waals surface area contributed by atoms with Crippen molar-refractivity contribution in [3.05, 3.63) is 30.0 Å². The first kappa shape index (κ1) is 16.4. The zero-order chi connectivity index (χ0) is 16.9.